The van der Waals surface area contributed by atoms with Crippen molar-refractivity contribution in [1.82, 2.24) is 10.3 Å². The standard InChI is InChI=1S/C16H18N2OS/c19-16(14-8-2-1-3-9-14)18-12-6-7-13-20-15-10-4-5-11-17-15/h1-5,8-11H,6-7,12-13H2,(H,18,19). The topological polar surface area (TPSA) is 42.0 Å². The van der Waals surface area contributed by atoms with Crippen LogP contribution < -0.4 is 5.32 Å². The molecule has 2 rings (SSSR count). The Labute approximate surface area is 123 Å². The minimum absolute atomic E-state index is 0.00276. The van der Waals surface area contributed by atoms with E-state index in [1.165, 1.54) is 0 Å². The predicted octanol–water partition coefficient (Wildman–Crippen LogP) is 3.38. The third-order valence-electron chi connectivity index (χ3n) is 2.78. The fourth-order valence-electron chi connectivity index (χ4n) is 1.73. The second-order valence-electron chi connectivity index (χ2n) is 4.35. The van der Waals surface area contributed by atoms with Gasteiger partial charge in [-0.15, -0.1) is 11.8 Å². The van der Waals surface area contributed by atoms with E-state index in [4.69, 9.17) is 0 Å². The van der Waals surface area contributed by atoms with E-state index in [0.717, 1.165) is 35.7 Å². The summed E-state index contributed by atoms with van der Waals surface area (Å²) in [6.07, 6.45) is 3.86. The summed E-state index contributed by atoms with van der Waals surface area (Å²) in [4.78, 5) is 16.0. The molecule has 1 aromatic heterocycles. The first kappa shape index (κ1) is 14.6. The lowest BCUT2D eigenvalue weighted by Gasteiger charge is -2.05. The predicted molar refractivity (Wildman–Crippen MR) is 83.0 cm³/mol. The molecule has 0 saturated heterocycles. The summed E-state index contributed by atoms with van der Waals surface area (Å²) in [7, 11) is 0. The van der Waals surface area contributed by atoms with Crippen LogP contribution in [-0.4, -0.2) is 23.2 Å². The van der Waals surface area contributed by atoms with Gasteiger partial charge in [0.1, 0.15) is 0 Å². The Morgan fingerprint density at radius 1 is 1.05 bits per heavy atom. The van der Waals surface area contributed by atoms with Crippen LogP contribution in [0, 0.1) is 0 Å². The quantitative estimate of drug-likeness (QED) is 0.626. The smallest absolute Gasteiger partial charge is 0.251 e. The number of nitrogens with zero attached hydrogens (tertiary/aromatic N) is 1. The van der Waals surface area contributed by atoms with Gasteiger partial charge in [-0.1, -0.05) is 24.3 Å². The highest BCUT2D eigenvalue weighted by Gasteiger charge is 2.02. The van der Waals surface area contributed by atoms with Crippen molar-refractivity contribution >= 4 is 17.7 Å². The van der Waals surface area contributed by atoms with Crippen LogP contribution in [0.4, 0.5) is 0 Å². The first-order valence-corrected chi connectivity index (χ1v) is 7.72. The zero-order valence-corrected chi connectivity index (χ0v) is 12.1. The molecule has 0 unspecified atom stereocenters. The fourth-order valence-corrected chi connectivity index (χ4v) is 2.60. The van der Waals surface area contributed by atoms with Crippen molar-refractivity contribution < 1.29 is 4.79 Å². The third kappa shape index (κ3) is 5.05. The highest BCUT2D eigenvalue weighted by molar-refractivity contribution is 7.99. The molecule has 0 spiro atoms. The molecule has 0 aliphatic rings. The number of aromatic nitrogens is 1. The third-order valence-corrected chi connectivity index (χ3v) is 3.81. The van der Waals surface area contributed by atoms with E-state index in [1.54, 1.807) is 11.8 Å². The van der Waals surface area contributed by atoms with Gasteiger partial charge < -0.3 is 5.32 Å². The Morgan fingerprint density at radius 2 is 1.85 bits per heavy atom. The molecule has 0 aliphatic carbocycles. The van der Waals surface area contributed by atoms with Crippen LogP contribution in [-0.2, 0) is 0 Å². The molecule has 2 aromatic rings. The van der Waals surface area contributed by atoms with Gasteiger partial charge in [-0.3, -0.25) is 4.79 Å². The molecule has 0 bridgehead atoms. The molecular weight excluding hydrogens is 268 g/mol. The molecule has 0 aliphatic heterocycles. The summed E-state index contributed by atoms with van der Waals surface area (Å²) in [5.41, 5.74) is 0.718. The normalized spacial score (nSPS) is 10.2. The number of hydrogen-bond acceptors (Lipinski definition) is 3. The number of hydrogen-bond donors (Lipinski definition) is 1. The van der Waals surface area contributed by atoms with E-state index in [1.807, 2.05) is 54.7 Å². The van der Waals surface area contributed by atoms with Crippen molar-refractivity contribution in [2.24, 2.45) is 0 Å². The maximum Gasteiger partial charge on any atom is 0.251 e. The Hall–Kier alpha value is -1.81. The molecule has 1 aromatic carbocycles. The molecule has 0 radical (unpaired) electrons. The van der Waals surface area contributed by atoms with E-state index in [-0.39, 0.29) is 5.91 Å². The van der Waals surface area contributed by atoms with E-state index < -0.39 is 0 Å². The van der Waals surface area contributed by atoms with E-state index in [0.29, 0.717) is 0 Å². The molecule has 104 valence electrons. The molecule has 1 amide bonds. The van der Waals surface area contributed by atoms with Crippen molar-refractivity contribution in [1.29, 1.82) is 0 Å². The molecule has 0 atom stereocenters. The molecule has 4 heteroatoms. The Balaban J connectivity index is 1.57. The lowest BCUT2D eigenvalue weighted by Crippen LogP contribution is -2.24. The van der Waals surface area contributed by atoms with Crippen LogP contribution in [0.15, 0.2) is 59.8 Å². The second-order valence-corrected chi connectivity index (χ2v) is 5.46. The largest absolute Gasteiger partial charge is 0.352 e. The number of amides is 1. The van der Waals surface area contributed by atoms with Crippen LogP contribution in [0.1, 0.15) is 23.2 Å². The first-order valence-electron chi connectivity index (χ1n) is 6.73. The van der Waals surface area contributed by atoms with E-state index >= 15 is 0 Å². The van der Waals surface area contributed by atoms with Crippen molar-refractivity contribution in [2.45, 2.75) is 17.9 Å². The number of carbonyl (C=O) groups is 1. The van der Waals surface area contributed by atoms with Gasteiger partial charge in [0.25, 0.3) is 5.91 Å². The Bertz CT molecular complexity index is 517. The summed E-state index contributed by atoms with van der Waals surface area (Å²) in [6.45, 7) is 0.719. The average molecular weight is 286 g/mol. The molecular formula is C16H18N2OS. The highest BCUT2D eigenvalue weighted by Crippen LogP contribution is 2.15. The van der Waals surface area contributed by atoms with E-state index in [2.05, 4.69) is 10.3 Å². The number of unbranched alkanes of at least 4 members (excludes halogenated alkanes) is 1. The minimum Gasteiger partial charge on any atom is -0.352 e. The van der Waals surface area contributed by atoms with Gasteiger partial charge in [0, 0.05) is 18.3 Å². The maximum atomic E-state index is 11.8. The minimum atomic E-state index is 0.00276. The molecule has 1 heterocycles. The average Bonchev–Trinajstić information content (AvgIpc) is 2.52. The van der Waals surface area contributed by atoms with Crippen molar-refractivity contribution in [3.8, 4) is 0 Å². The second kappa shape index (κ2) is 8.38. The molecule has 0 fully saturated rings. The maximum absolute atomic E-state index is 11.8. The summed E-state index contributed by atoms with van der Waals surface area (Å²) in [5, 5.41) is 3.99. The van der Waals surface area contributed by atoms with Crippen LogP contribution in [0.2, 0.25) is 0 Å². The molecule has 20 heavy (non-hydrogen) atoms. The lowest BCUT2D eigenvalue weighted by molar-refractivity contribution is 0.0953. The van der Waals surface area contributed by atoms with Gasteiger partial charge in [0.15, 0.2) is 0 Å². The zero-order valence-electron chi connectivity index (χ0n) is 11.3. The zero-order chi connectivity index (χ0) is 14.0. The van der Waals surface area contributed by atoms with Crippen molar-refractivity contribution in [2.75, 3.05) is 12.3 Å². The summed E-state index contributed by atoms with van der Waals surface area (Å²) < 4.78 is 0. The van der Waals surface area contributed by atoms with Gasteiger partial charge >= 0.3 is 0 Å². The van der Waals surface area contributed by atoms with Gasteiger partial charge in [0.05, 0.1) is 5.03 Å². The number of thioether (sulfide) groups is 1. The molecule has 1 N–H and O–H groups in total. The summed E-state index contributed by atoms with van der Waals surface area (Å²) >= 11 is 1.75. The highest BCUT2D eigenvalue weighted by atomic mass is 32.2. The molecule has 3 nitrogen and oxygen atoms in total. The molecule has 0 saturated carbocycles. The Morgan fingerprint density at radius 3 is 2.60 bits per heavy atom. The van der Waals surface area contributed by atoms with Gasteiger partial charge in [-0.2, -0.15) is 0 Å². The van der Waals surface area contributed by atoms with Gasteiger partial charge in [0.2, 0.25) is 0 Å². The van der Waals surface area contributed by atoms with Crippen LogP contribution >= 0.6 is 11.8 Å². The van der Waals surface area contributed by atoms with Gasteiger partial charge in [-0.05, 0) is 42.9 Å². The van der Waals surface area contributed by atoms with Crippen LogP contribution in [0.25, 0.3) is 0 Å². The number of benzene rings is 1. The van der Waals surface area contributed by atoms with Crippen molar-refractivity contribution in [3.63, 3.8) is 0 Å². The van der Waals surface area contributed by atoms with Crippen LogP contribution in [0.5, 0.6) is 0 Å². The summed E-state index contributed by atoms with van der Waals surface area (Å²) in [6, 6.07) is 15.2. The van der Waals surface area contributed by atoms with Gasteiger partial charge in [-0.25, -0.2) is 4.98 Å². The lowest BCUT2D eigenvalue weighted by atomic mass is 10.2. The van der Waals surface area contributed by atoms with E-state index in [9.17, 15) is 4.79 Å². The van der Waals surface area contributed by atoms with Crippen molar-refractivity contribution in [3.05, 3.63) is 60.3 Å². The fraction of sp³-hybridized carbons (Fsp3) is 0.250. The van der Waals surface area contributed by atoms with Crippen LogP contribution in [0.3, 0.4) is 0 Å². The number of pyridine rings is 1. The monoisotopic (exact) mass is 286 g/mol. The number of carbonyl (C=O) groups excluding carboxylic acids is 1. The SMILES string of the molecule is O=C(NCCCCSc1ccccn1)c1ccccc1. The summed E-state index contributed by atoms with van der Waals surface area (Å²) in [5.74, 6) is 1.03. The number of nitrogens with one attached hydrogen (secondary N) is 1. The number of rotatable bonds is 7. The Kier molecular flexibility index (Phi) is 6.11. The first-order chi connectivity index (χ1) is 9.86.